The van der Waals surface area contributed by atoms with Crippen LogP contribution in [-0.4, -0.2) is 51.8 Å². The summed E-state index contributed by atoms with van der Waals surface area (Å²) < 4.78 is 6.54. The van der Waals surface area contributed by atoms with Crippen LogP contribution in [0.3, 0.4) is 0 Å². The van der Waals surface area contributed by atoms with E-state index in [2.05, 4.69) is 22.4 Å². The Balaban J connectivity index is 2.50. The Hall–Kier alpha value is -1.50. The van der Waals surface area contributed by atoms with Crippen molar-refractivity contribution in [1.82, 2.24) is 25.1 Å². The molecule has 1 unspecified atom stereocenters. The van der Waals surface area contributed by atoms with Crippen LogP contribution in [0.4, 0.5) is 0 Å². The average molecular weight is 269 g/mol. The molecule has 0 aromatic carbocycles. The van der Waals surface area contributed by atoms with Crippen LogP contribution in [0.1, 0.15) is 32.5 Å². The van der Waals surface area contributed by atoms with Gasteiger partial charge in [0.2, 0.25) is 0 Å². The first kappa shape index (κ1) is 15.6. The van der Waals surface area contributed by atoms with Gasteiger partial charge in [-0.1, -0.05) is 20.3 Å². The highest BCUT2D eigenvalue weighted by molar-refractivity contribution is 5.71. The Bertz CT molecular complexity index is 393. The molecule has 0 saturated carbocycles. The number of aryl methyl sites for hydroxylation is 1. The van der Waals surface area contributed by atoms with Crippen molar-refractivity contribution >= 4 is 5.97 Å². The molecule has 1 aromatic heterocycles. The molecule has 1 heterocycles. The molecule has 0 bridgehead atoms. The maximum absolute atomic E-state index is 11.4. The van der Waals surface area contributed by atoms with E-state index in [-0.39, 0.29) is 11.9 Å². The maximum Gasteiger partial charge on any atom is 0.309 e. The highest BCUT2D eigenvalue weighted by Crippen LogP contribution is 2.05. The van der Waals surface area contributed by atoms with E-state index < -0.39 is 0 Å². The second kappa shape index (κ2) is 7.83. The molecule has 0 spiro atoms. The van der Waals surface area contributed by atoms with Crippen molar-refractivity contribution in [2.75, 3.05) is 20.7 Å². The summed E-state index contributed by atoms with van der Waals surface area (Å²) in [6.45, 7) is 6.06. The summed E-state index contributed by atoms with van der Waals surface area (Å²) in [5.41, 5.74) is 0. The van der Waals surface area contributed by atoms with Crippen molar-refractivity contribution in [3.8, 4) is 0 Å². The highest BCUT2D eigenvalue weighted by atomic mass is 16.5. The Morgan fingerprint density at radius 3 is 2.89 bits per heavy atom. The molecule has 0 aliphatic carbocycles. The van der Waals surface area contributed by atoms with Gasteiger partial charge in [-0.15, -0.1) is 5.10 Å². The van der Waals surface area contributed by atoms with Gasteiger partial charge in [0.15, 0.2) is 5.82 Å². The van der Waals surface area contributed by atoms with Crippen LogP contribution in [0, 0.1) is 5.92 Å². The van der Waals surface area contributed by atoms with E-state index in [0.29, 0.717) is 13.1 Å². The lowest BCUT2D eigenvalue weighted by molar-refractivity contribution is -0.145. The second-order valence-electron chi connectivity index (χ2n) is 4.79. The Morgan fingerprint density at radius 2 is 2.26 bits per heavy atom. The van der Waals surface area contributed by atoms with E-state index in [0.717, 1.165) is 25.2 Å². The number of rotatable bonds is 8. The zero-order valence-electron chi connectivity index (χ0n) is 12.2. The minimum atomic E-state index is -0.197. The number of unbranched alkanes of at least 4 members (excludes halogenated alkanes) is 1. The van der Waals surface area contributed by atoms with Crippen LogP contribution in [0.5, 0.6) is 0 Å². The molecule has 108 valence electrons. The second-order valence-corrected chi connectivity index (χ2v) is 4.79. The Kier molecular flexibility index (Phi) is 6.41. The van der Waals surface area contributed by atoms with Gasteiger partial charge in [-0.25, -0.2) is 4.68 Å². The number of ether oxygens (including phenoxy) is 1. The lowest BCUT2D eigenvalue weighted by Gasteiger charge is -2.19. The van der Waals surface area contributed by atoms with E-state index in [1.807, 2.05) is 23.6 Å². The zero-order chi connectivity index (χ0) is 14.3. The third kappa shape index (κ3) is 4.94. The summed E-state index contributed by atoms with van der Waals surface area (Å²) in [7, 11) is 3.35. The standard InChI is InChI=1S/C12H23N5O2/c1-5-6-7-17-11(13-14-15-17)9-16(3)8-10(2)12(18)19-4/h10H,5-9H2,1-4H3. The molecule has 0 N–H and O–H groups in total. The highest BCUT2D eigenvalue weighted by Gasteiger charge is 2.17. The van der Waals surface area contributed by atoms with Gasteiger partial charge in [-0.05, 0) is 23.9 Å². The van der Waals surface area contributed by atoms with Crippen molar-refractivity contribution in [2.24, 2.45) is 5.92 Å². The van der Waals surface area contributed by atoms with Crippen molar-refractivity contribution in [3.63, 3.8) is 0 Å². The molecule has 0 saturated heterocycles. The first-order valence-corrected chi connectivity index (χ1v) is 6.59. The normalized spacial score (nSPS) is 12.7. The molecular weight excluding hydrogens is 246 g/mol. The molecule has 1 aromatic rings. The molecular formula is C12H23N5O2. The molecule has 7 heteroatoms. The van der Waals surface area contributed by atoms with Gasteiger partial charge in [0.1, 0.15) is 0 Å². The predicted octanol–water partition coefficient (Wildman–Crippen LogP) is 0.714. The number of aromatic nitrogens is 4. The fraction of sp³-hybridized carbons (Fsp3) is 0.833. The molecule has 0 aliphatic rings. The molecule has 1 atom stereocenters. The van der Waals surface area contributed by atoms with Gasteiger partial charge in [-0.3, -0.25) is 9.69 Å². The summed E-state index contributed by atoms with van der Waals surface area (Å²) in [6.07, 6.45) is 2.16. The van der Waals surface area contributed by atoms with Crippen molar-refractivity contribution < 1.29 is 9.53 Å². The van der Waals surface area contributed by atoms with Crippen LogP contribution < -0.4 is 0 Å². The van der Waals surface area contributed by atoms with Crippen LogP contribution >= 0.6 is 0 Å². The topological polar surface area (TPSA) is 73.1 Å². The summed E-state index contributed by atoms with van der Waals surface area (Å²) in [4.78, 5) is 13.4. The Labute approximate surface area is 113 Å². The summed E-state index contributed by atoms with van der Waals surface area (Å²) in [5, 5.41) is 11.7. The molecule has 0 radical (unpaired) electrons. The minimum Gasteiger partial charge on any atom is -0.469 e. The van der Waals surface area contributed by atoms with E-state index in [1.54, 1.807) is 0 Å². The van der Waals surface area contributed by atoms with E-state index in [1.165, 1.54) is 7.11 Å². The number of tetrazole rings is 1. The van der Waals surface area contributed by atoms with Gasteiger partial charge in [0, 0.05) is 13.1 Å². The first-order valence-electron chi connectivity index (χ1n) is 6.59. The maximum atomic E-state index is 11.4. The van der Waals surface area contributed by atoms with Crippen LogP contribution in [0.2, 0.25) is 0 Å². The van der Waals surface area contributed by atoms with E-state index in [4.69, 9.17) is 4.74 Å². The lowest BCUT2D eigenvalue weighted by atomic mass is 10.2. The third-order valence-corrected chi connectivity index (χ3v) is 2.93. The monoisotopic (exact) mass is 269 g/mol. The third-order valence-electron chi connectivity index (χ3n) is 2.93. The number of nitrogens with zero attached hydrogens (tertiary/aromatic N) is 5. The zero-order valence-corrected chi connectivity index (χ0v) is 12.2. The van der Waals surface area contributed by atoms with Crippen molar-refractivity contribution in [3.05, 3.63) is 5.82 Å². The number of esters is 1. The number of carbonyl (C=O) groups excluding carboxylic acids is 1. The Morgan fingerprint density at radius 1 is 1.53 bits per heavy atom. The van der Waals surface area contributed by atoms with Gasteiger partial charge in [0.05, 0.1) is 19.6 Å². The fourth-order valence-electron chi connectivity index (χ4n) is 1.87. The molecule has 7 nitrogen and oxygen atoms in total. The van der Waals surface area contributed by atoms with Crippen LogP contribution in [-0.2, 0) is 22.6 Å². The predicted molar refractivity (Wildman–Crippen MR) is 70.2 cm³/mol. The summed E-state index contributed by atoms with van der Waals surface area (Å²) in [5.74, 6) is 0.473. The quantitative estimate of drug-likeness (QED) is 0.647. The number of hydrogen-bond acceptors (Lipinski definition) is 6. The van der Waals surface area contributed by atoms with Gasteiger partial charge >= 0.3 is 5.97 Å². The molecule has 19 heavy (non-hydrogen) atoms. The fourth-order valence-corrected chi connectivity index (χ4v) is 1.87. The largest absolute Gasteiger partial charge is 0.469 e. The van der Waals surface area contributed by atoms with Gasteiger partial charge in [-0.2, -0.15) is 0 Å². The average Bonchev–Trinajstić information content (AvgIpc) is 2.82. The molecule has 1 rings (SSSR count). The van der Waals surface area contributed by atoms with E-state index >= 15 is 0 Å². The molecule has 0 amide bonds. The molecule has 0 aliphatic heterocycles. The minimum absolute atomic E-state index is 0.157. The van der Waals surface area contributed by atoms with Crippen LogP contribution in [0.15, 0.2) is 0 Å². The number of methoxy groups -OCH3 is 1. The smallest absolute Gasteiger partial charge is 0.309 e. The first-order chi connectivity index (χ1) is 9.08. The van der Waals surface area contributed by atoms with Crippen molar-refractivity contribution in [2.45, 2.75) is 39.8 Å². The van der Waals surface area contributed by atoms with Crippen molar-refractivity contribution in [1.29, 1.82) is 0 Å². The molecule has 0 fully saturated rings. The SMILES string of the molecule is CCCCn1nnnc1CN(C)CC(C)C(=O)OC. The summed E-state index contributed by atoms with van der Waals surface area (Å²) in [6, 6.07) is 0. The van der Waals surface area contributed by atoms with Crippen LogP contribution in [0.25, 0.3) is 0 Å². The summed E-state index contributed by atoms with van der Waals surface area (Å²) >= 11 is 0. The lowest BCUT2D eigenvalue weighted by Crippen LogP contribution is -2.30. The number of carbonyl (C=O) groups is 1. The van der Waals surface area contributed by atoms with Gasteiger partial charge < -0.3 is 4.74 Å². The van der Waals surface area contributed by atoms with E-state index in [9.17, 15) is 4.79 Å². The van der Waals surface area contributed by atoms with Gasteiger partial charge in [0.25, 0.3) is 0 Å². The number of hydrogen-bond donors (Lipinski definition) is 0.